The fourth-order valence-corrected chi connectivity index (χ4v) is 5.16. The molecule has 0 aromatic heterocycles. The summed E-state index contributed by atoms with van der Waals surface area (Å²) in [6, 6.07) is 4.37. The van der Waals surface area contributed by atoms with Crippen LogP contribution >= 0.6 is 11.6 Å². The Kier molecular flexibility index (Phi) is 5.39. The molecule has 0 radical (unpaired) electrons. The van der Waals surface area contributed by atoms with Gasteiger partial charge in [0.2, 0.25) is 10.0 Å². The van der Waals surface area contributed by atoms with Gasteiger partial charge in [0.15, 0.2) is 0 Å². The number of nitrogens with zero attached hydrogens (tertiary/aromatic N) is 2. The molecule has 25 heavy (non-hydrogen) atoms. The molecule has 0 saturated carbocycles. The summed E-state index contributed by atoms with van der Waals surface area (Å²) in [6.07, 6.45) is 1.59. The quantitative estimate of drug-likeness (QED) is 0.799. The van der Waals surface area contributed by atoms with Crippen LogP contribution in [0.1, 0.15) is 37.0 Å². The van der Waals surface area contributed by atoms with Crippen molar-refractivity contribution in [3.05, 3.63) is 28.8 Å². The van der Waals surface area contributed by atoms with Gasteiger partial charge in [-0.25, -0.2) is 8.42 Å². The van der Waals surface area contributed by atoms with Gasteiger partial charge in [-0.15, -0.1) is 0 Å². The molecule has 2 aliphatic heterocycles. The number of amides is 1. The molecule has 2 aliphatic rings. The van der Waals surface area contributed by atoms with E-state index >= 15 is 0 Å². The summed E-state index contributed by atoms with van der Waals surface area (Å²) in [7, 11) is -3.58. The van der Waals surface area contributed by atoms with E-state index in [0.29, 0.717) is 26.2 Å². The normalized spacial score (nSPS) is 25.3. The zero-order valence-electron chi connectivity index (χ0n) is 14.4. The van der Waals surface area contributed by atoms with E-state index in [1.165, 1.54) is 22.5 Å². The molecular weight excluding hydrogens is 364 g/mol. The molecule has 0 spiro atoms. The third-order valence-electron chi connectivity index (χ3n) is 4.58. The molecule has 6 nitrogen and oxygen atoms in total. The van der Waals surface area contributed by atoms with Crippen LogP contribution in [0.5, 0.6) is 0 Å². The standard InChI is InChI=1S/C17H23ClN2O4S/c1-12-10-19(11-13(2)24-12)17(21)15-9-14(5-6-16(15)18)25(22,23)20-7-3-4-8-20/h5-6,9,12-13H,3-4,7-8,10-11H2,1-2H3/t12-,13+. The molecular formula is C17H23ClN2O4S. The van der Waals surface area contributed by atoms with Crippen LogP contribution in [0.4, 0.5) is 0 Å². The van der Waals surface area contributed by atoms with Crippen LogP contribution in [0.2, 0.25) is 5.02 Å². The van der Waals surface area contributed by atoms with Crippen molar-refractivity contribution in [1.82, 2.24) is 9.21 Å². The van der Waals surface area contributed by atoms with Crippen molar-refractivity contribution in [3.8, 4) is 0 Å². The van der Waals surface area contributed by atoms with E-state index in [1.54, 1.807) is 4.90 Å². The number of carbonyl (C=O) groups excluding carboxylic acids is 1. The lowest BCUT2D eigenvalue weighted by molar-refractivity contribution is -0.0586. The van der Waals surface area contributed by atoms with Crippen LogP contribution in [0.25, 0.3) is 0 Å². The third-order valence-corrected chi connectivity index (χ3v) is 6.80. The van der Waals surface area contributed by atoms with E-state index in [2.05, 4.69) is 0 Å². The van der Waals surface area contributed by atoms with E-state index in [4.69, 9.17) is 16.3 Å². The van der Waals surface area contributed by atoms with Crippen molar-refractivity contribution in [2.75, 3.05) is 26.2 Å². The molecule has 0 aliphatic carbocycles. The minimum Gasteiger partial charge on any atom is -0.372 e. The molecule has 138 valence electrons. The number of halogens is 1. The fraction of sp³-hybridized carbons (Fsp3) is 0.588. The van der Waals surface area contributed by atoms with Gasteiger partial charge in [-0.05, 0) is 44.9 Å². The lowest BCUT2D eigenvalue weighted by Gasteiger charge is -2.35. The molecule has 2 heterocycles. The summed E-state index contributed by atoms with van der Waals surface area (Å²) in [5.41, 5.74) is 0.225. The molecule has 0 N–H and O–H groups in total. The number of sulfonamides is 1. The van der Waals surface area contributed by atoms with Crippen LogP contribution in [-0.2, 0) is 14.8 Å². The van der Waals surface area contributed by atoms with E-state index in [0.717, 1.165) is 12.8 Å². The number of benzene rings is 1. The summed E-state index contributed by atoms with van der Waals surface area (Å²) in [4.78, 5) is 14.7. The molecule has 3 rings (SSSR count). The second-order valence-corrected chi connectivity index (χ2v) is 9.07. The van der Waals surface area contributed by atoms with E-state index in [1.807, 2.05) is 13.8 Å². The summed E-state index contributed by atoms with van der Waals surface area (Å²) in [6.45, 7) is 5.78. The highest BCUT2D eigenvalue weighted by atomic mass is 35.5. The molecule has 1 aromatic carbocycles. The van der Waals surface area contributed by atoms with Crippen molar-refractivity contribution in [3.63, 3.8) is 0 Å². The Bertz CT molecular complexity index is 752. The Morgan fingerprint density at radius 2 is 1.76 bits per heavy atom. The zero-order chi connectivity index (χ0) is 18.2. The first kappa shape index (κ1) is 18.6. The number of rotatable bonds is 3. The van der Waals surface area contributed by atoms with Gasteiger partial charge in [0, 0.05) is 26.2 Å². The third kappa shape index (κ3) is 3.84. The zero-order valence-corrected chi connectivity index (χ0v) is 16.0. The minimum absolute atomic E-state index is 0.0667. The maximum absolute atomic E-state index is 12.9. The minimum atomic E-state index is -3.58. The first-order chi connectivity index (χ1) is 11.8. The molecule has 0 bridgehead atoms. The van der Waals surface area contributed by atoms with E-state index < -0.39 is 10.0 Å². The topological polar surface area (TPSA) is 66.9 Å². The van der Waals surface area contributed by atoms with Crippen LogP contribution < -0.4 is 0 Å². The molecule has 2 fully saturated rings. The average molecular weight is 387 g/mol. The SMILES string of the molecule is C[C@@H]1CN(C(=O)c2cc(S(=O)(=O)N3CCCC3)ccc2Cl)C[C@H](C)O1. The summed E-state index contributed by atoms with van der Waals surface area (Å²) >= 11 is 6.21. The summed E-state index contributed by atoms with van der Waals surface area (Å²) < 4.78 is 32.6. The molecule has 1 aromatic rings. The van der Waals surface area contributed by atoms with Crippen molar-refractivity contribution in [2.24, 2.45) is 0 Å². The first-order valence-electron chi connectivity index (χ1n) is 8.53. The molecule has 8 heteroatoms. The van der Waals surface area contributed by atoms with Crippen LogP contribution in [0.15, 0.2) is 23.1 Å². The average Bonchev–Trinajstić information content (AvgIpc) is 3.09. The predicted molar refractivity (Wildman–Crippen MR) is 95.4 cm³/mol. The van der Waals surface area contributed by atoms with Gasteiger partial charge in [0.25, 0.3) is 5.91 Å². The van der Waals surface area contributed by atoms with Gasteiger partial charge in [-0.1, -0.05) is 11.6 Å². The van der Waals surface area contributed by atoms with Gasteiger partial charge in [0.05, 0.1) is 27.7 Å². The lowest BCUT2D eigenvalue weighted by atomic mass is 10.1. The Labute approximate surface area is 153 Å². The van der Waals surface area contributed by atoms with Gasteiger partial charge in [-0.3, -0.25) is 4.79 Å². The van der Waals surface area contributed by atoms with Crippen LogP contribution in [0, 0.1) is 0 Å². The van der Waals surface area contributed by atoms with Crippen LogP contribution in [0.3, 0.4) is 0 Å². The second kappa shape index (κ2) is 7.23. The highest BCUT2D eigenvalue weighted by Gasteiger charge is 2.31. The van der Waals surface area contributed by atoms with Gasteiger partial charge in [0.1, 0.15) is 0 Å². The fourth-order valence-electron chi connectivity index (χ4n) is 3.42. The van der Waals surface area contributed by atoms with Crippen LogP contribution in [-0.4, -0.2) is 61.9 Å². The number of hydrogen-bond acceptors (Lipinski definition) is 4. The summed E-state index contributed by atoms with van der Waals surface area (Å²) in [5, 5.41) is 0.261. The van der Waals surface area contributed by atoms with Gasteiger partial charge in [-0.2, -0.15) is 4.31 Å². The van der Waals surface area contributed by atoms with E-state index in [9.17, 15) is 13.2 Å². The summed E-state index contributed by atoms with van der Waals surface area (Å²) in [5.74, 6) is -0.259. The van der Waals surface area contributed by atoms with Crippen molar-refractivity contribution < 1.29 is 17.9 Å². The number of morpholine rings is 1. The largest absolute Gasteiger partial charge is 0.372 e. The lowest BCUT2D eigenvalue weighted by Crippen LogP contribution is -2.48. The monoisotopic (exact) mass is 386 g/mol. The number of hydrogen-bond donors (Lipinski definition) is 0. The van der Waals surface area contributed by atoms with E-state index in [-0.39, 0.29) is 33.6 Å². The van der Waals surface area contributed by atoms with Crippen molar-refractivity contribution in [1.29, 1.82) is 0 Å². The highest BCUT2D eigenvalue weighted by molar-refractivity contribution is 7.89. The predicted octanol–water partition coefficient (Wildman–Crippen LogP) is 2.37. The Hall–Kier alpha value is -1.15. The smallest absolute Gasteiger partial charge is 0.255 e. The Morgan fingerprint density at radius 3 is 2.36 bits per heavy atom. The highest BCUT2D eigenvalue weighted by Crippen LogP contribution is 2.27. The van der Waals surface area contributed by atoms with Crippen molar-refractivity contribution in [2.45, 2.75) is 43.8 Å². The van der Waals surface area contributed by atoms with Gasteiger partial charge < -0.3 is 9.64 Å². The Balaban J connectivity index is 1.90. The first-order valence-corrected chi connectivity index (χ1v) is 10.4. The second-order valence-electron chi connectivity index (χ2n) is 6.72. The Morgan fingerprint density at radius 1 is 1.16 bits per heavy atom. The molecule has 1 amide bonds. The maximum atomic E-state index is 12.9. The van der Waals surface area contributed by atoms with Gasteiger partial charge >= 0.3 is 0 Å². The number of ether oxygens (including phenoxy) is 1. The van der Waals surface area contributed by atoms with Crippen molar-refractivity contribution >= 4 is 27.5 Å². The number of carbonyl (C=O) groups is 1. The molecule has 0 unspecified atom stereocenters. The maximum Gasteiger partial charge on any atom is 0.255 e. The molecule has 2 saturated heterocycles. The molecule has 2 atom stereocenters.